The molecule has 0 saturated carbocycles. The highest BCUT2D eigenvalue weighted by Crippen LogP contribution is 2.46. The summed E-state index contributed by atoms with van der Waals surface area (Å²) in [7, 11) is -4.12. The van der Waals surface area contributed by atoms with Gasteiger partial charge in [-0.25, -0.2) is 8.96 Å². The maximum Gasteiger partial charge on any atom is 0.459 e. The molecule has 2 N–H and O–H groups in total. The summed E-state index contributed by atoms with van der Waals surface area (Å²) in [6.07, 6.45) is 0.279. The Morgan fingerprint density at radius 1 is 1.37 bits per heavy atom. The third-order valence-corrected chi connectivity index (χ3v) is 6.78. The van der Waals surface area contributed by atoms with Gasteiger partial charge in [0.15, 0.2) is 11.9 Å². The van der Waals surface area contributed by atoms with Crippen LogP contribution in [0.1, 0.15) is 34.1 Å². The molecule has 35 heavy (non-hydrogen) atoms. The number of benzene rings is 1. The SMILES string of the molecule is C=C1NC(=O)C=CN1[C@@H]1O[C@H](CO[P@](=O)(N[C@H](C)C(=O)OC(C)C)Oc2ccccc2)C[C@@]1(C)F. The van der Waals surface area contributed by atoms with Crippen LogP contribution in [0.5, 0.6) is 5.75 Å². The quantitative estimate of drug-likeness (QED) is 0.360. The van der Waals surface area contributed by atoms with Crippen molar-refractivity contribution in [2.75, 3.05) is 6.61 Å². The fourth-order valence-electron chi connectivity index (χ4n) is 3.59. The Labute approximate surface area is 204 Å². The van der Waals surface area contributed by atoms with Crippen LogP contribution in [-0.4, -0.2) is 53.5 Å². The smallest absolute Gasteiger partial charge is 0.459 e. The van der Waals surface area contributed by atoms with E-state index < -0.39 is 37.8 Å². The molecule has 3 rings (SSSR count). The Bertz CT molecular complexity index is 1020. The molecule has 0 bridgehead atoms. The zero-order valence-corrected chi connectivity index (χ0v) is 21.0. The van der Waals surface area contributed by atoms with Crippen LogP contribution in [0.25, 0.3) is 0 Å². The first-order valence-corrected chi connectivity index (χ1v) is 12.7. The van der Waals surface area contributed by atoms with E-state index in [9.17, 15) is 14.2 Å². The van der Waals surface area contributed by atoms with Crippen molar-refractivity contribution >= 4 is 19.6 Å². The van der Waals surface area contributed by atoms with Crippen LogP contribution in [0, 0.1) is 0 Å². The van der Waals surface area contributed by atoms with Crippen LogP contribution >= 0.6 is 7.75 Å². The van der Waals surface area contributed by atoms with E-state index in [1.54, 1.807) is 44.2 Å². The first-order chi connectivity index (χ1) is 16.4. The number of para-hydroxylation sites is 1. The van der Waals surface area contributed by atoms with Crippen LogP contribution in [0.2, 0.25) is 0 Å². The number of rotatable bonds is 10. The van der Waals surface area contributed by atoms with Gasteiger partial charge in [-0.15, -0.1) is 0 Å². The number of alkyl halides is 1. The Morgan fingerprint density at radius 2 is 2.06 bits per heavy atom. The van der Waals surface area contributed by atoms with E-state index in [1.807, 2.05) is 0 Å². The third kappa shape index (κ3) is 7.14. The molecule has 2 aliphatic heterocycles. The van der Waals surface area contributed by atoms with E-state index in [4.69, 9.17) is 18.5 Å². The average Bonchev–Trinajstić information content (AvgIpc) is 3.06. The Balaban J connectivity index is 1.71. The molecule has 192 valence electrons. The number of hydrogen-bond donors (Lipinski definition) is 2. The number of ether oxygens (including phenoxy) is 2. The van der Waals surface area contributed by atoms with Crippen LogP contribution < -0.4 is 14.9 Å². The van der Waals surface area contributed by atoms with E-state index in [-0.39, 0.29) is 36.6 Å². The monoisotopic (exact) mass is 511 g/mol. The van der Waals surface area contributed by atoms with Crippen molar-refractivity contribution < 1.29 is 37.1 Å². The Kier molecular flexibility index (Phi) is 8.38. The molecule has 1 fully saturated rings. The van der Waals surface area contributed by atoms with Crippen molar-refractivity contribution in [2.24, 2.45) is 0 Å². The van der Waals surface area contributed by atoms with Crippen molar-refractivity contribution in [1.82, 2.24) is 15.3 Å². The van der Waals surface area contributed by atoms with Crippen LogP contribution in [0.15, 0.2) is 55.0 Å². The number of carbonyl (C=O) groups excluding carboxylic acids is 2. The number of nitrogens with one attached hydrogen (secondary N) is 2. The molecule has 0 spiro atoms. The number of carbonyl (C=O) groups is 2. The second-order valence-electron chi connectivity index (χ2n) is 8.79. The van der Waals surface area contributed by atoms with Gasteiger partial charge in [-0.3, -0.25) is 14.1 Å². The molecule has 12 heteroatoms. The highest BCUT2D eigenvalue weighted by molar-refractivity contribution is 7.52. The van der Waals surface area contributed by atoms with Gasteiger partial charge in [0.25, 0.3) is 5.91 Å². The maximum absolute atomic E-state index is 15.4. The lowest BCUT2D eigenvalue weighted by atomic mass is 10.0. The normalized spacial score (nSPS) is 26.9. The summed E-state index contributed by atoms with van der Waals surface area (Å²) < 4.78 is 51.2. The first kappa shape index (κ1) is 26.9. The molecule has 5 atom stereocenters. The van der Waals surface area contributed by atoms with E-state index in [1.165, 1.54) is 31.0 Å². The second-order valence-corrected chi connectivity index (χ2v) is 10.5. The summed E-state index contributed by atoms with van der Waals surface area (Å²) in [5.74, 6) is -0.588. The minimum atomic E-state index is -4.12. The highest BCUT2D eigenvalue weighted by atomic mass is 31.2. The molecule has 10 nitrogen and oxygen atoms in total. The molecule has 0 radical (unpaired) electrons. The molecule has 0 unspecified atom stereocenters. The number of amides is 1. The van der Waals surface area contributed by atoms with Gasteiger partial charge >= 0.3 is 13.7 Å². The molecular weight excluding hydrogens is 480 g/mol. The maximum atomic E-state index is 15.4. The van der Waals surface area contributed by atoms with Gasteiger partial charge in [-0.2, -0.15) is 5.09 Å². The molecular formula is C23H31FN3O7P. The zero-order valence-electron chi connectivity index (χ0n) is 20.1. The number of nitrogens with zero attached hydrogens (tertiary/aromatic N) is 1. The zero-order chi connectivity index (χ0) is 25.8. The molecule has 0 aromatic heterocycles. The van der Waals surface area contributed by atoms with E-state index in [0.29, 0.717) is 0 Å². The fourth-order valence-corrected chi connectivity index (χ4v) is 5.12. The summed E-state index contributed by atoms with van der Waals surface area (Å²) in [5, 5.41) is 5.08. The lowest BCUT2D eigenvalue weighted by Gasteiger charge is -2.35. The Morgan fingerprint density at radius 3 is 2.69 bits per heavy atom. The summed E-state index contributed by atoms with van der Waals surface area (Å²) in [4.78, 5) is 25.1. The third-order valence-electron chi connectivity index (χ3n) is 5.14. The molecule has 1 saturated heterocycles. The number of esters is 1. The summed E-state index contributed by atoms with van der Waals surface area (Å²) in [6, 6.07) is 7.28. The van der Waals surface area contributed by atoms with E-state index in [2.05, 4.69) is 17.0 Å². The van der Waals surface area contributed by atoms with Crippen LogP contribution in [-0.2, 0) is 28.2 Å². The van der Waals surface area contributed by atoms with Crippen LogP contribution in [0.4, 0.5) is 4.39 Å². The first-order valence-electron chi connectivity index (χ1n) is 11.2. The summed E-state index contributed by atoms with van der Waals surface area (Å²) in [5.41, 5.74) is -1.84. The van der Waals surface area contributed by atoms with Crippen LogP contribution in [0.3, 0.4) is 0 Å². The van der Waals surface area contributed by atoms with Gasteiger partial charge < -0.3 is 24.2 Å². The summed E-state index contributed by atoms with van der Waals surface area (Å²) in [6.45, 7) is 9.65. The minimum absolute atomic E-state index is 0.0838. The molecule has 2 heterocycles. The van der Waals surface area contributed by atoms with Gasteiger partial charge in [0.1, 0.15) is 17.6 Å². The topological polar surface area (TPSA) is 115 Å². The minimum Gasteiger partial charge on any atom is -0.462 e. The van der Waals surface area contributed by atoms with Crippen molar-refractivity contribution in [1.29, 1.82) is 0 Å². The highest BCUT2D eigenvalue weighted by Gasteiger charge is 2.50. The number of halogens is 1. The lowest BCUT2D eigenvalue weighted by Crippen LogP contribution is -2.48. The number of hydrogen-bond acceptors (Lipinski definition) is 8. The molecule has 2 aliphatic rings. The summed E-state index contributed by atoms with van der Waals surface area (Å²) >= 11 is 0. The average molecular weight is 511 g/mol. The molecule has 1 amide bonds. The van der Waals surface area contributed by atoms with Crippen molar-refractivity contribution in [3.8, 4) is 5.75 Å². The van der Waals surface area contributed by atoms with Gasteiger partial charge in [-0.05, 0) is 39.8 Å². The van der Waals surface area contributed by atoms with Crippen molar-refractivity contribution in [3.05, 3.63) is 55.0 Å². The van der Waals surface area contributed by atoms with Gasteiger partial charge in [-0.1, -0.05) is 24.8 Å². The predicted octanol–water partition coefficient (Wildman–Crippen LogP) is 3.38. The molecule has 0 aliphatic carbocycles. The van der Waals surface area contributed by atoms with Gasteiger partial charge in [0.2, 0.25) is 0 Å². The van der Waals surface area contributed by atoms with E-state index >= 15 is 4.39 Å². The second kappa shape index (κ2) is 10.9. The van der Waals surface area contributed by atoms with Crippen molar-refractivity contribution in [2.45, 2.75) is 64.3 Å². The Hall–Kier alpha value is -2.72. The van der Waals surface area contributed by atoms with E-state index in [0.717, 1.165) is 0 Å². The largest absolute Gasteiger partial charge is 0.462 e. The molecule has 1 aromatic carbocycles. The van der Waals surface area contributed by atoms with Crippen molar-refractivity contribution in [3.63, 3.8) is 0 Å². The lowest BCUT2D eigenvalue weighted by molar-refractivity contribution is -0.149. The molecule has 1 aromatic rings. The standard InChI is InChI=1S/C23H31FN3O7P/c1-15(2)32-21(29)16(3)26-35(30,34-18-9-7-6-8-10-18)31-14-19-13-23(5,24)22(33-19)27-12-11-20(28)25-17(27)4/h6-12,15-16,19,22H,4,13-14H2,1-3,5H3,(H,25,28)(H,26,30)/t16-,19+,22-,23-,35-/m1/s1. The predicted molar refractivity (Wildman–Crippen MR) is 126 cm³/mol. The van der Waals surface area contributed by atoms with Gasteiger partial charge in [0, 0.05) is 18.7 Å². The fraction of sp³-hybridized carbons (Fsp3) is 0.478. The van der Waals surface area contributed by atoms with Gasteiger partial charge in [0.05, 0.1) is 18.8 Å².